The van der Waals surface area contributed by atoms with Crippen LogP contribution in [-0.4, -0.2) is 25.6 Å². The van der Waals surface area contributed by atoms with E-state index in [2.05, 4.69) is 0 Å². The van der Waals surface area contributed by atoms with E-state index in [1.54, 1.807) is 7.11 Å². The molecule has 0 bridgehead atoms. The van der Waals surface area contributed by atoms with Crippen molar-refractivity contribution >= 4 is 11.6 Å². The lowest BCUT2D eigenvalue weighted by Crippen LogP contribution is -2.50. The number of aryl methyl sites for hydroxylation is 1. The van der Waals surface area contributed by atoms with Crippen molar-refractivity contribution in [1.29, 1.82) is 0 Å². The van der Waals surface area contributed by atoms with Crippen LogP contribution in [-0.2, 0) is 11.2 Å². The summed E-state index contributed by atoms with van der Waals surface area (Å²) in [5, 5.41) is 0. The smallest absolute Gasteiger partial charge is 0.234 e. The van der Waals surface area contributed by atoms with E-state index in [1.807, 2.05) is 30.0 Å². The molecule has 0 aromatic heterocycles. The van der Waals surface area contributed by atoms with Crippen molar-refractivity contribution in [2.45, 2.75) is 45.1 Å². The number of methoxy groups -OCH3 is 1. The van der Waals surface area contributed by atoms with Crippen molar-refractivity contribution in [1.82, 2.24) is 0 Å². The summed E-state index contributed by atoms with van der Waals surface area (Å²) in [5.41, 5.74) is 8.04. The summed E-state index contributed by atoms with van der Waals surface area (Å²) in [4.78, 5) is 15.0. The summed E-state index contributed by atoms with van der Waals surface area (Å²) in [6.07, 6.45) is 4.89. The fourth-order valence-corrected chi connectivity index (χ4v) is 3.68. The number of rotatable bonds is 2. The van der Waals surface area contributed by atoms with E-state index in [9.17, 15) is 4.79 Å². The largest absolute Gasteiger partial charge is 0.497 e. The van der Waals surface area contributed by atoms with E-state index >= 15 is 0 Å². The second-order valence-electron chi connectivity index (χ2n) is 6.47. The van der Waals surface area contributed by atoms with Gasteiger partial charge >= 0.3 is 0 Å². The highest BCUT2D eigenvalue weighted by Gasteiger charge is 2.45. The number of fused-ring (bicyclic) bond motifs is 1. The molecule has 2 atom stereocenters. The molecule has 4 nitrogen and oxygen atoms in total. The second-order valence-corrected chi connectivity index (χ2v) is 6.47. The summed E-state index contributed by atoms with van der Waals surface area (Å²) in [7, 11) is 1.67. The van der Waals surface area contributed by atoms with Gasteiger partial charge in [0.15, 0.2) is 0 Å². The van der Waals surface area contributed by atoms with Gasteiger partial charge in [-0.05, 0) is 56.4 Å². The number of ether oxygens (including phenoxy) is 1. The van der Waals surface area contributed by atoms with E-state index in [0.717, 1.165) is 50.1 Å². The molecule has 2 unspecified atom stereocenters. The molecule has 2 N–H and O–H groups in total. The van der Waals surface area contributed by atoms with Gasteiger partial charge in [0.25, 0.3) is 0 Å². The van der Waals surface area contributed by atoms with Crippen LogP contribution in [0.2, 0.25) is 0 Å². The number of hydrogen-bond acceptors (Lipinski definition) is 3. The number of nitrogens with two attached hydrogens (primary N) is 1. The summed E-state index contributed by atoms with van der Waals surface area (Å²) >= 11 is 0. The number of amides is 1. The lowest BCUT2D eigenvalue weighted by atomic mass is 9.82. The van der Waals surface area contributed by atoms with E-state index in [-0.39, 0.29) is 11.9 Å². The molecule has 1 aliphatic heterocycles. The molecular formula is C17H24N2O2. The van der Waals surface area contributed by atoms with Gasteiger partial charge in [-0.3, -0.25) is 4.79 Å². The minimum absolute atomic E-state index is 0.0198. The monoisotopic (exact) mass is 288 g/mol. The topological polar surface area (TPSA) is 55.6 Å². The number of hydrogen-bond donors (Lipinski definition) is 1. The van der Waals surface area contributed by atoms with Crippen LogP contribution in [0, 0.1) is 5.41 Å². The minimum Gasteiger partial charge on any atom is -0.497 e. The summed E-state index contributed by atoms with van der Waals surface area (Å²) in [5.74, 6) is 1.05. The number of benzene rings is 1. The Morgan fingerprint density at radius 3 is 2.90 bits per heavy atom. The van der Waals surface area contributed by atoms with Gasteiger partial charge in [-0.1, -0.05) is 6.42 Å². The van der Waals surface area contributed by atoms with Crippen molar-refractivity contribution in [3.63, 3.8) is 0 Å². The summed E-state index contributed by atoms with van der Waals surface area (Å²) in [6, 6.07) is 5.97. The Morgan fingerprint density at radius 1 is 1.43 bits per heavy atom. The highest BCUT2D eigenvalue weighted by molar-refractivity contribution is 5.99. The Morgan fingerprint density at radius 2 is 2.24 bits per heavy atom. The van der Waals surface area contributed by atoms with Crippen LogP contribution in [0.4, 0.5) is 5.69 Å². The molecule has 1 aromatic carbocycles. The van der Waals surface area contributed by atoms with Crippen LogP contribution in [0.3, 0.4) is 0 Å². The zero-order chi connectivity index (χ0) is 15.0. The standard InChI is InChI=1S/C17H24N2O2/c1-17(9-3-6-15(17)18)16(20)19-10-4-5-12-11-13(21-2)7-8-14(12)19/h7-8,11,15H,3-6,9-10,18H2,1-2H3. The molecule has 1 aliphatic carbocycles. The van der Waals surface area contributed by atoms with Crippen LogP contribution in [0.25, 0.3) is 0 Å². The van der Waals surface area contributed by atoms with Gasteiger partial charge < -0.3 is 15.4 Å². The maximum atomic E-state index is 13.1. The lowest BCUT2D eigenvalue weighted by molar-refractivity contribution is -0.127. The molecule has 1 heterocycles. The average Bonchev–Trinajstić information content (AvgIpc) is 2.86. The number of carbonyl (C=O) groups is 1. The highest BCUT2D eigenvalue weighted by atomic mass is 16.5. The van der Waals surface area contributed by atoms with E-state index in [4.69, 9.17) is 10.5 Å². The van der Waals surface area contributed by atoms with Crippen LogP contribution in [0.15, 0.2) is 18.2 Å². The predicted molar refractivity (Wildman–Crippen MR) is 83.6 cm³/mol. The molecule has 1 fully saturated rings. The first-order valence-electron chi connectivity index (χ1n) is 7.81. The van der Waals surface area contributed by atoms with Crippen molar-refractivity contribution in [3.8, 4) is 5.75 Å². The minimum atomic E-state index is -0.408. The van der Waals surface area contributed by atoms with Gasteiger partial charge in [-0.2, -0.15) is 0 Å². The van der Waals surface area contributed by atoms with Gasteiger partial charge in [0, 0.05) is 18.3 Å². The first kappa shape index (κ1) is 14.4. The quantitative estimate of drug-likeness (QED) is 0.909. The van der Waals surface area contributed by atoms with Gasteiger partial charge in [0.2, 0.25) is 5.91 Å². The third-order valence-electron chi connectivity index (χ3n) is 5.17. The van der Waals surface area contributed by atoms with Gasteiger partial charge in [-0.15, -0.1) is 0 Å². The molecular weight excluding hydrogens is 264 g/mol. The van der Waals surface area contributed by atoms with Crippen LogP contribution >= 0.6 is 0 Å². The maximum Gasteiger partial charge on any atom is 0.234 e. The normalized spacial score (nSPS) is 28.3. The molecule has 1 amide bonds. The fraction of sp³-hybridized carbons (Fsp3) is 0.588. The molecule has 2 aliphatic rings. The SMILES string of the molecule is COc1ccc2c(c1)CCCN2C(=O)C1(C)CCCC1N. The van der Waals surface area contributed by atoms with Crippen molar-refractivity contribution in [2.75, 3.05) is 18.6 Å². The Balaban J connectivity index is 1.93. The van der Waals surface area contributed by atoms with Crippen LogP contribution in [0.1, 0.15) is 38.2 Å². The zero-order valence-electron chi connectivity index (χ0n) is 12.9. The Bertz CT molecular complexity index is 558. The summed E-state index contributed by atoms with van der Waals surface area (Å²) in [6.45, 7) is 2.82. The second kappa shape index (κ2) is 5.34. The molecule has 114 valence electrons. The van der Waals surface area contributed by atoms with E-state index in [1.165, 1.54) is 5.56 Å². The Hall–Kier alpha value is -1.55. The molecule has 0 radical (unpaired) electrons. The van der Waals surface area contributed by atoms with E-state index in [0.29, 0.717) is 0 Å². The van der Waals surface area contributed by atoms with Crippen molar-refractivity contribution < 1.29 is 9.53 Å². The van der Waals surface area contributed by atoms with E-state index < -0.39 is 5.41 Å². The van der Waals surface area contributed by atoms with Crippen molar-refractivity contribution in [2.24, 2.45) is 11.1 Å². The lowest BCUT2D eigenvalue weighted by Gasteiger charge is -2.37. The molecule has 1 aromatic rings. The number of anilines is 1. The summed E-state index contributed by atoms with van der Waals surface area (Å²) < 4.78 is 5.29. The van der Waals surface area contributed by atoms with Crippen LogP contribution in [0.5, 0.6) is 5.75 Å². The average molecular weight is 288 g/mol. The molecule has 3 rings (SSSR count). The van der Waals surface area contributed by atoms with Gasteiger partial charge in [0.05, 0.1) is 12.5 Å². The number of nitrogens with zero attached hydrogens (tertiary/aromatic N) is 1. The first-order chi connectivity index (χ1) is 10.1. The Kier molecular flexibility index (Phi) is 3.66. The molecule has 1 saturated carbocycles. The third-order valence-corrected chi connectivity index (χ3v) is 5.17. The van der Waals surface area contributed by atoms with Crippen molar-refractivity contribution in [3.05, 3.63) is 23.8 Å². The fourth-order valence-electron chi connectivity index (χ4n) is 3.68. The molecule has 0 spiro atoms. The first-order valence-corrected chi connectivity index (χ1v) is 7.81. The predicted octanol–water partition coefficient (Wildman–Crippen LogP) is 2.49. The molecule has 0 saturated heterocycles. The highest BCUT2D eigenvalue weighted by Crippen LogP contribution is 2.41. The number of carbonyl (C=O) groups excluding carboxylic acids is 1. The molecule has 21 heavy (non-hydrogen) atoms. The van der Waals surface area contributed by atoms with Gasteiger partial charge in [-0.25, -0.2) is 0 Å². The zero-order valence-corrected chi connectivity index (χ0v) is 12.9. The third kappa shape index (κ3) is 2.31. The van der Waals surface area contributed by atoms with Gasteiger partial charge in [0.1, 0.15) is 5.75 Å². The molecule has 4 heteroatoms. The maximum absolute atomic E-state index is 13.1. The Labute approximate surface area is 126 Å². The van der Waals surface area contributed by atoms with Crippen LogP contribution < -0.4 is 15.4 Å².